The summed E-state index contributed by atoms with van der Waals surface area (Å²) in [5.74, 6) is 0. The van der Waals surface area contributed by atoms with Gasteiger partial charge in [-0.15, -0.1) is 0 Å². The van der Waals surface area contributed by atoms with Gasteiger partial charge in [-0.25, -0.2) is 0 Å². The minimum Gasteiger partial charge on any atom is -0.456 e. The average molecular weight is 447 g/mol. The number of para-hydroxylation sites is 3. The summed E-state index contributed by atoms with van der Waals surface area (Å²) >= 11 is 0. The Morgan fingerprint density at radius 3 is 2.17 bits per heavy atom. The molecular formula is C32H22BNO. The summed E-state index contributed by atoms with van der Waals surface area (Å²) in [5, 5.41) is 4.96. The molecule has 0 spiro atoms. The van der Waals surface area contributed by atoms with Gasteiger partial charge < -0.3 is 8.98 Å². The summed E-state index contributed by atoms with van der Waals surface area (Å²) in [6, 6.07) is 35.3. The predicted octanol–water partition coefficient (Wildman–Crippen LogP) is 6.13. The number of rotatable bonds is 1. The molecule has 0 amide bonds. The number of aromatic nitrogens is 1. The van der Waals surface area contributed by atoms with Crippen LogP contribution in [0.5, 0.6) is 0 Å². The number of furan rings is 1. The molecule has 0 bridgehead atoms. The van der Waals surface area contributed by atoms with Crippen molar-refractivity contribution in [1.29, 1.82) is 0 Å². The van der Waals surface area contributed by atoms with Gasteiger partial charge in [0.15, 0.2) is 0 Å². The minimum absolute atomic E-state index is 0.157. The van der Waals surface area contributed by atoms with E-state index in [0.717, 1.165) is 11.2 Å². The summed E-state index contributed by atoms with van der Waals surface area (Å²) in [7, 11) is 0. The van der Waals surface area contributed by atoms with E-state index in [4.69, 9.17) is 4.42 Å². The Hall–Kier alpha value is -4.24. The number of aryl methyl sites for hydroxylation is 2. The molecule has 0 N–H and O–H groups in total. The molecule has 5 aromatic carbocycles. The lowest BCUT2D eigenvalue weighted by atomic mass is 9.34. The molecule has 0 aliphatic carbocycles. The Labute approximate surface area is 203 Å². The van der Waals surface area contributed by atoms with Crippen molar-refractivity contribution < 1.29 is 4.42 Å². The first kappa shape index (κ1) is 19.1. The van der Waals surface area contributed by atoms with E-state index >= 15 is 0 Å². The maximum absolute atomic E-state index is 6.37. The van der Waals surface area contributed by atoms with Crippen LogP contribution in [0.1, 0.15) is 11.1 Å². The quantitative estimate of drug-likeness (QED) is 0.277. The molecule has 0 unspecified atom stereocenters. The van der Waals surface area contributed by atoms with Crippen LogP contribution >= 0.6 is 0 Å². The van der Waals surface area contributed by atoms with E-state index in [-0.39, 0.29) is 6.71 Å². The van der Waals surface area contributed by atoms with Gasteiger partial charge in [-0.1, -0.05) is 95.5 Å². The van der Waals surface area contributed by atoms with Crippen molar-refractivity contribution in [3.63, 3.8) is 0 Å². The number of hydrogen-bond donors (Lipinski definition) is 0. The molecule has 3 heterocycles. The molecule has 0 saturated carbocycles. The Morgan fingerprint density at radius 2 is 1.31 bits per heavy atom. The van der Waals surface area contributed by atoms with Crippen LogP contribution < -0.4 is 16.4 Å². The number of benzene rings is 5. The Bertz CT molecular complexity index is 1970. The Kier molecular flexibility index (Phi) is 3.64. The third-order valence-corrected chi connectivity index (χ3v) is 7.95. The molecule has 1 aliphatic heterocycles. The van der Waals surface area contributed by atoms with Gasteiger partial charge in [-0.05, 0) is 36.9 Å². The summed E-state index contributed by atoms with van der Waals surface area (Å²) in [6.07, 6.45) is 0. The fourth-order valence-corrected chi connectivity index (χ4v) is 6.49. The highest BCUT2D eigenvalue weighted by Crippen LogP contribution is 2.36. The van der Waals surface area contributed by atoms with Crippen LogP contribution in [0, 0.1) is 13.8 Å². The van der Waals surface area contributed by atoms with Crippen LogP contribution in [-0.4, -0.2) is 11.3 Å². The second-order valence-electron chi connectivity index (χ2n) is 9.84. The highest BCUT2D eigenvalue weighted by Gasteiger charge is 2.35. The molecule has 8 rings (SSSR count). The van der Waals surface area contributed by atoms with Crippen LogP contribution in [0.3, 0.4) is 0 Å². The van der Waals surface area contributed by atoms with E-state index in [1.54, 1.807) is 0 Å². The standard InChI is InChI=1S/C32H22BNO/c1-19-9-7-10-20(2)31(19)33-25-14-8-13-23-21-11-3-5-15-27(21)34(32(23)25)28-18-30-24(17-26(28)33)22-12-4-6-16-29(22)35-30/h3-18H,1-2H3. The maximum atomic E-state index is 6.37. The van der Waals surface area contributed by atoms with Gasteiger partial charge >= 0.3 is 0 Å². The minimum atomic E-state index is 0.157. The smallest absolute Gasteiger partial charge is 0.247 e. The molecule has 3 heteroatoms. The lowest BCUT2D eigenvalue weighted by Gasteiger charge is -2.29. The molecule has 2 nitrogen and oxygen atoms in total. The lowest BCUT2D eigenvalue weighted by Crippen LogP contribution is -2.57. The van der Waals surface area contributed by atoms with Crippen molar-refractivity contribution >= 4 is 66.8 Å². The molecule has 1 aliphatic rings. The van der Waals surface area contributed by atoms with E-state index < -0.39 is 0 Å². The summed E-state index contributed by atoms with van der Waals surface area (Å²) in [6.45, 7) is 4.65. The van der Waals surface area contributed by atoms with Gasteiger partial charge in [0, 0.05) is 38.8 Å². The normalized spacial score (nSPS) is 12.8. The molecule has 0 atom stereocenters. The number of fused-ring (bicyclic) bond motifs is 8. The monoisotopic (exact) mass is 447 g/mol. The molecule has 0 radical (unpaired) electrons. The summed E-state index contributed by atoms with van der Waals surface area (Å²) in [4.78, 5) is 0. The SMILES string of the molecule is Cc1cccc(C)c1B1c2cc3c(cc2-n2c4ccccc4c4cccc1c42)oc1ccccc13. The summed E-state index contributed by atoms with van der Waals surface area (Å²) in [5.41, 5.74) is 12.4. The van der Waals surface area contributed by atoms with Gasteiger partial charge in [0.25, 0.3) is 0 Å². The fraction of sp³-hybridized carbons (Fsp3) is 0.0625. The largest absolute Gasteiger partial charge is 0.456 e. The predicted molar refractivity (Wildman–Crippen MR) is 149 cm³/mol. The summed E-state index contributed by atoms with van der Waals surface area (Å²) < 4.78 is 8.83. The first-order valence-corrected chi connectivity index (χ1v) is 12.2. The second-order valence-corrected chi connectivity index (χ2v) is 9.84. The number of hydrogen-bond acceptors (Lipinski definition) is 1. The molecular weight excluding hydrogens is 425 g/mol. The van der Waals surface area contributed by atoms with Crippen LogP contribution in [0.4, 0.5) is 0 Å². The molecule has 164 valence electrons. The fourth-order valence-electron chi connectivity index (χ4n) is 6.49. The van der Waals surface area contributed by atoms with E-state index in [1.165, 1.54) is 65.8 Å². The highest BCUT2D eigenvalue weighted by atomic mass is 16.3. The Balaban J connectivity index is 1.62. The second kappa shape index (κ2) is 6.67. The van der Waals surface area contributed by atoms with Crippen molar-refractivity contribution in [3.05, 3.63) is 108 Å². The van der Waals surface area contributed by atoms with E-state index in [0.29, 0.717) is 0 Å². The average Bonchev–Trinajstić information content (AvgIpc) is 3.41. The first-order valence-electron chi connectivity index (χ1n) is 12.2. The topological polar surface area (TPSA) is 18.1 Å². The van der Waals surface area contributed by atoms with E-state index in [9.17, 15) is 0 Å². The Morgan fingerprint density at radius 1 is 0.600 bits per heavy atom. The zero-order valence-corrected chi connectivity index (χ0v) is 19.7. The van der Waals surface area contributed by atoms with Gasteiger partial charge in [-0.2, -0.15) is 0 Å². The zero-order chi connectivity index (χ0) is 23.3. The lowest BCUT2D eigenvalue weighted by molar-refractivity contribution is 0.669. The molecule has 0 fully saturated rings. The highest BCUT2D eigenvalue weighted by molar-refractivity contribution is 6.98. The van der Waals surface area contributed by atoms with E-state index in [1.807, 2.05) is 6.07 Å². The third-order valence-electron chi connectivity index (χ3n) is 7.95. The molecule has 7 aromatic rings. The molecule has 2 aromatic heterocycles. The van der Waals surface area contributed by atoms with Crippen LogP contribution in [0.25, 0.3) is 49.4 Å². The molecule has 0 saturated heterocycles. The van der Waals surface area contributed by atoms with Crippen molar-refractivity contribution in [3.8, 4) is 5.69 Å². The first-order chi connectivity index (χ1) is 17.2. The van der Waals surface area contributed by atoms with Crippen LogP contribution in [-0.2, 0) is 0 Å². The number of nitrogens with zero attached hydrogens (tertiary/aromatic N) is 1. The maximum Gasteiger partial charge on any atom is 0.247 e. The van der Waals surface area contributed by atoms with Crippen LogP contribution in [0.15, 0.2) is 101 Å². The van der Waals surface area contributed by atoms with Gasteiger partial charge in [-0.3, -0.25) is 0 Å². The molecule has 35 heavy (non-hydrogen) atoms. The third kappa shape index (κ3) is 2.40. The van der Waals surface area contributed by atoms with Crippen molar-refractivity contribution in [1.82, 2.24) is 4.57 Å². The van der Waals surface area contributed by atoms with Crippen LogP contribution in [0.2, 0.25) is 0 Å². The van der Waals surface area contributed by atoms with Crippen molar-refractivity contribution in [2.45, 2.75) is 13.8 Å². The van der Waals surface area contributed by atoms with Gasteiger partial charge in [0.2, 0.25) is 6.71 Å². The van der Waals surface area contributed by atoms with Gasteiger partial charge in [0.1, 0.15) is 11.2 Å². The van der Waals surface area contributed by atoms with Gasteiger partial charge in [0.05, 0.1) is 5.52 Å². The zero-order valence-electron chi connectivity index (χ0n) is 19.7. The van der Waals surface area contributed by atoms with Crippen molar-refractivity contribution in [2.24, 2.45) is 0 Å². The van der Waals surface area contributed by atoms with E-state index in [2.05, 4.69) is 109 Å². The van der Waals surface area contributed by atoms with Crippen molar-refractivity contribution in [2.75, 3.05) is 0 Å².